The summed E-state index contributed by atoms with van der Waals surface area (Å²) in [5.41, 5.74) is 2.52. The second-order valence-electron chi connectivity index (χ2n) is 7.57. The van der Waals surface area contributed by atoms with Gasteiger partial charge in [-0.25, -0.2) is 19.3 Å². The first kappa shape index (κ1) is 20.2. The van der Waals surface area contributed by atoms with Gasteiger partial charge < -0.3 is 19.9 Å². The van der Waals surface area contributed by atoms with Crippen molar-refractivity contribution in [1.82, 2.24) is 24.8 Å². The first-order valence-corrected chi connectivity index (χ1v) is 10.0. The molecule has 3 aromatic rings. The molecule has 8 nitrogen and oxygen atoms in total. The number of aromatic nitrogens is 4. The van der Waals surface area contributed by atoms with Crippen LogP contribution < -0.4 is 5.32 Å². The van der Waals surface area contributed by atoms with Crippen LogP contribution in [0.25, 0.3) is 22.4 Å². The Morgan fingerprint density at radius 2 is 2.27 bits per heavy atom. The third-order valence-corrected chi connectivity index (χ3v) is 5.29. The molecule has 2 N–H and O–H groups in total. The third kappa shape index (κ3) is 4.25. The monoisotopic (exact) mass is 412 g/mol. The van der Waals surface area contributed by atoms with Gasteiger partial charge in [-0.15, -0.1) is 0 Å². The number of nitrogens with zero attached hydrogens (tertiary/aromatic N) is 4. The van der Waals surface area contributed by atoms with Crippen LogP contribution in [0.3, 0.4) is 0 Å². The number of methoxy groups -OCH3 is 1. The van der Waals surface area contributed by atoms with Crippen molar-refractivity contribution in [3.8, 4) is 11.4 Å². The smallest absolute Gasteiger partial charge is 0.224 e. The Morgan fingerprint density at radius 1 is 1.40 bits per heavy atom. The van der Waals surface area contributed by atoms with Gasteiger partial charge in [0.15, 0.2) is 17.5 Å². The Kier molecular flexibility index (Phi) is 5.89. The van der Waals surface area contributed by atoms with E-state index in [1.165, 1.54) is 6.20 Å². The van der Waals surface area contributed by atoms with Crippen LogP contribution in [0.5, 0.6) is 0 Å². The van der Waals surface area contributed by atoms with Gasteiger partial charge in [-0.3, -0.25) is 4.79 Å². The Hall–Kier alpha value is -3.07. The summed E-state index contributed by atoms with van der Waals surface area (Å²) in [6.45, 7) is 3.58. The third-order valence-electron chi connectivity index (χ3n) is 5.29. The highest BCUT2D eigenvalue weighted by Gasteiger charge is 2.24. The molecular formula is C21H25FN6O2. The van der Waals surface area contributed by atoms with Crippen molar-refractivity contribution in [1.29, 1.82) is 0 Å². The molecule has 1 unspecified atom stereocenters. The summed E-state index contributed by atoms with van der Waals surface area (Å²) < 4.78 is 19.5. The maximum atomic E-state index is 14.5. The van der Waals surface area contributed by atoms with Crippen LogP contribution in [0, 0.1) is 12.7 Å². The van der Waals surface area contributed by atoms with Crippen molar-refractivity contribution >= 4 is 22.8 Å². The number of likely N-dealkylation sites (tertiary alicyclic amines) is 1. The highest BCUT2D eigenvalue weighted by Crippen LogP contribution is 2.27. The van der Waals surface area contributed by atoms with E-state index in [4.69, 9.17) is 4.74 Å². The number of hydrogen-bond donors (Lipinski definition) is 2. The molecule has 1 atom stereocenters. The maximum Gasteiger partial charge on any atom is 0.224 e. The van der Waals surface area contributed by atoms with E-state index in [2.05, 4.69) is 25.3 Å². The molecule has 9 heteroatoms. The van der Waals surface area contributed by atoms with Gasteiger partial charge >= 0.3 is 0 Å². The topological polar surface area (TPSA) is 96.0 Å². The van der Waals surface area contributed by atoms with Crippen LogP contribution in [-0.4, -0.2) is 63.6 Å². The van der Waals surface area contributed by atoms with Crippen LogP contribution >= 0.6 is 0 Å². The summed E-state index contributed by atoms with van der Waals surface area (Å²) in [7, 11) is 1.58. The second-order valence-corrected chi connectivity index (χ2v) is 7.57. The van der Waals surface area contributed by atoms with Crippen LogP contribution in [0.4, 0.5) is 10.2 Å². The van der Waals surface area contributed by atoms with Crippen molar-refractivity contribution < 1.29 is 13.9 Å². The van der Waals surface area contributed by atoms with Crippen molar-refractivity contribution in [2.75, 3.05) is 32.1 Å². The molecule has 0 spiro atoms. The van der Waals surface area contributed by atoms with Crippen LogP contribution in [0.1, 0.15) is 24.8 Å². The standard InChI is InChI=1S/C21H25FN6O2/c1-13-8-15-16(10-24-19(15)23-9-13)20-25-11-17(22)21(27-20)26-14-4-3-6-28(12-14)18(29)5-7-30-2/h8-11,14H,3-7,12H2,1-2H3,(H,23,24)(H,25,26,27). The number of pyridine rings is 1. The average Bonchev–Trinajstić information content (AvgIpc) is 3.17. The SMILES string of the molecule is COCCC(=O)N1CCCC(Nc2nc(-c3c[nH]c4ncc(C)cc34)ncc2F)C1. The zero-order valence-electron chi connectivity index (χ0n) is 17.1. The van der Waals surface area contributed by atoms with Crippen molar-refractivity contribution in [2.45, 2.75) is 32.2 Å². The van der Waals surface area contributed by atoms with E-state index in [1.807, 2.05) is 13.0 Å². The molecule has 4 rings (SSSR count). The number of carbonyl (C=O) groups excluding carboxylic acids is 1. The molecule has 1 aliphatic heterocycles. The number of carbonyl (C=O) groups is 1. The van der Waals surface area contributed by atoms with Crippen LogP contribution in [0.2, 0.25) is 0 Å². The normalized spacial score (nSPS) is 16.8. The van der Waals surface area contributed by atoms with E-state index >= 15 is 0 Å². The van der Waals surface area contributed by atoms with Gasteiger partial charge in [0.25, 0.3) is 0 Å². The predicted octanol–water partition coefficient (Wildman–Crippen LogP) is 2.91. The van der Waals surface area contributed by atoms with Crippen LogP contribution in [-0.2, 0) is 9.53 Å². The molecule has 30 heavy (non-hydrogen) atoms. The number of amides is 1. The summed E-state index contributed by atoms with van der Waals surface area (Å²) in [6.07, 6.45) is 6.78. The number of fused-ring (bicyclic) bond motifs is 1. The molecular weight excluding hydrogens is 387 g/mol. The van der Waals surface area contributed by atoms with Crippen molar-refractivity contribution in [3.05, 3.63) is 36.0 Å². The number of aromatic amines is 1. The van der Waals surface area contributed by atoms with Crippen LogP contribution in [0.15, 0.2) is 24.7 Å². The summed E-state index contributed by atoms with van der Waals surface area (Å²) in [5, 5.41) is 4.06. The lowest BCUT2D eigenvalue weighted by Gasteiger charge is -2.33. The summed E-state index contributed by atoms with van der Waals surface area (Å²) in [5.74, 6) is 0.0946. The van der Waals surface area contributed by atoms with E-state index in [0.29, 0.717) is 31.9 Å². The Bertz CT molecular complexity index is 1050. The number of piperidine rings is 1. The lowest BCUT2D eigenvalue weighted by atomic mass is 10.1. The Morgan fingerprint density at radius 3 is 3.10 bits per heavy atom. The number of anilines is 1. The molecule has 1 amide bonds. The van der Waals surface area contributed by atoms with Crippen molar-refractivity contribution in [2.24, 2.45) is 0 Å². The molecule has 158 valence electrons. The molecule has 0 saturated carbocycles. The van der Waals surface area contributed by atoms with E-state index in [1.54, 1.807) is 24.4 Å². The van der Waals surface area contributed by atoms with E-state index in [9.17, 15) is 9.18 Å². The zero-order valence-corrected chi connectivity index (χ0v) is 17.1. The van der Waals surface area contributed by atoms with Crippen molar-refractivity contribution in [3.63, 3.8) is 0 Å². The molecule has 0 radical (unpaired) electrons. The van der Waals surface area contributed by atoms with Gasteiger partial charge in [-0.05, 0) is 31.4 Å². The van der Waals surface area contributed by atoms with E-state index in [0.717, 1.165) is 35.0 Å². The van der Waals surface area contributed by atoms with Gasteiger partial charge in [0.2, 0.25) is 5.91 Å². The molecule has 3 aromatic heterocycles. The summed E-state index contributed by atoms with van der Waals surface area (Å²) >= 11 is 0. The number of ether oxygens (including phenoxy) is 1. The molecule has 4 heterocycles. The number of nitrogens with one attached hydrogen (secondary N) is 2. The average molecular weight is 412 g/mol. The van der Waals surface area contributed by atoms with Gasteiger partial charge in [-0.1, -0.05) is 0 Å². The molecule has 0 aromatic carbocycles. The lowest BCUT2D eigenvalue weighted by molar-refractivity contribution is -0.133. The second kappa shape index (κ2) is 8.74. The predicted molar refractivity (Wildman–Crippen MR) is 112 cm³/mol. The fourth-order valence-corrected chi connectivity index (χ4v) is 3.75. The van der Waals surface area contributed by atoms with Gasteiger partial charge in [0.1, 0.15) is 5.65 Å². The zero-order chi connectivity index (χ0) is 21.1. The van der Waals surface area contributed by atoms with E-state index < -0.39 is 5.82 Å². The minimum absolute atomic E-state index is 0.0499. The number of H-pyrrole nitrogens is 1. The number of halogens is 1. The molecule has 0 bridgehead atoms. The minimum atomic E-state index is -0.518. The highest BCUT2D eigenvalue weighted by atomic mass is 19.1. The maximum absolute atomic E-state index is 14.5. The van der Waals surface area contributed by atoms with Gasteiger partial charge in [0.05, 0.1) is 19.2 Å². The summed E-state index contributed by atoms with van der Waals surface area (Å²) in [6, 6.07) is 1.92. The highest BCUT2D eigenvalue weighted by molar-refractivity contribution is 5.92. The molecule has 1 saturated heterocycles. The number of hydrogen-bond acceptors (Lipinski definition) is 6. The molecule has 0 aliphatic carbocycles. The Balaban J connectivity index is 1.53. The van der Waals surface area contributed by atoms with Gasteiger partial charge in [0, 0.05) is 49.6 Å². The minimum Gasteiger partial charge on any atom is -0.384 e. The lowest BCUT2D eigenvalue weighted by Crippen LogP contribution is -2.45. The first-order chi connectivity index (χ1) is 14.5. The Labute approximate surface area is 173 Å². The molecule has 1 aliphatic rings. The summed E-state index contributed by atoms with van der Waals surface area (Å²) in [4.78, 5) is 30.2. The fourth-order valence-electron chi connectivity index (χ4n) is 3.75. The molecule has 1 fully saturated rings. The first-order valence-electron chi connectivity index (χ1n) is 10.0. The largest absolute Gasteiger partial charge is 0.384 e. The number of aryl methyl sites for hydroxylation is 1. The van der Waals surface area contributed by atoms with E-state index in [-0.39, 0.29) is 17.8 Å². The number of rotatable bonds is 6. The quantitative estimate of drug-likeness (QED) is 0.646. The van der Waals surface area contributed by atoms with Gasteiger partial charge in [-0.2, -0.15) is 0 Å². The fraction of sp³-hybridized carbons (Fsp3) is 0.429.